The Bertz CT molecular complexity index is 784. The number of rotatable bonds is 3. The van der Waals surface area contributed by atoms with Gasteiger partial charge >= 0.3 is 6.18 Å². The SMILES string of the molecule is CC(C)(C)c1ccc(OCC(=O)N2N=C3CCCCC[C@H]3[C@@]2(O)C(F)(F)F)cc1. The number of carbonyl (C=O) groups is 1. The highest BCUT2D eigenvalue weighted by Crippen LogP contribution is 2.47. The van der Waals surface area contributed by atoms with Crippen LogP contribution in [0, 0.1) is 5.92 Å². The van der Waals surface area contributed by atoms with Crippen LogP contribution in [0.4, 0.5) is 13.2 Å². The zero-order valence-electron chi connectivity index (χ0n) is 16.9. The van der Waals surface area contributed by atoms with Gasteiger partial charge in [-0.3, -0.25) is 4.79 Å². The Hall–Kier alpha value is -2.09. The van der Waals surface area contributed by atoms with Crippen molar-refractivity contribution in [2.45, 2.75) is 70.2 Å². The molecule has 1 aromatic carbocycles. The van der Waals surface area contributed by atoms with Gasteiger partial charge in [-0.25, -0.2) is 0 Å². The predicted octanol–water partition coefficient (Wildman–Crippen LogP) is 4.39. The second kappa shape index (κ2) is 7.63. The maximum absolute atomic E-state index is 13.8. The van der Waals surface area contributed by atoms with E-state index in [1.807, 2.05) is 12.1 Å². The van der Waals surface area contributed by atoms with Crippen LogP contribution in [0.3, 0.4) is 0 Å². The highest BCUT2D eigenvalue weighted by Gasteiger charge is 2.68. The molecule has 0 spiro atoms. The summed E-state index contributed by atoms with van der Waals surface area (Å²) in [7, 11) is 0. The number of hydrazone groups is 1. The van der Waals surface area contributed by atoms with Crippen molar-refractivity contribution >= 4 is 11.6 Å². The molecule has 0 unspecified atom stereocenters. The number of hydrogen-bond acceptors (Lipinski definition) is 4. The Labute approximate surface area is 168 Å². The average molecular weight is 412 g/mol. The first-order valence-electron chi connectivity index (χ1n) is 9.87. The van der Waals surface area contributed by atoms with Crippen molar-refractivity contribution in [1.82, 2.24) is 5.01 Å². The molecule has 0 saturated heterocycles. The lowest BCUT2D eigenvalue weighted by Crippen LogP contribution is -2.61. The largest absolute Gasteiger partial charge is 0.484 e. The molecule has 0 aromatic heterocycles. The Morgan fingerprint density at radius 3 is 2.45 bits per heavy atom. The third-order valence-corrected chi connectivity index (χ3v) is 5.60. The summed E-state index contributed by atoms with van der Waals surface area (Å²) in [4.78, 5) is 12.6. The highest BCUT2D eigenvalue weighted by molar-refractivity contribution is 5.93. The van der Waals surface area contributed by atoms with E-state index in [1.165, 1.54) is 0 Å². The molecular weight excluding hydrogens is 385 g/mol. The van der Waals surface area contributed by atoms with E-state index in [-0.39, 0.29) is 22.6 Å². The quantitative estimate of drug-likeness (QED) is 0.801. The molecule has 2 aliphatic rings. The molecule has 5 nitrogen and oxygen atoms in total. The fourth-order valence-electron chi connectivity index (χ4n) is 3.90. The minimum absolute atomic E-state index is 0.0573. The first-order chi connectivity index (χ1) is 13.4. The summed E-state index contributed by atoms with van der Waals surface area (Å²) >= 11 is 0. The molecule has 2 atom stereocenters. The van der Waals surface area contributed by atoms with Gasteiger partial charge < -0.3 is 9.84 Å². The van der Waals surface area contributed by atoms with Gasteiger partial charge in [0.25, 0.3) is 11.6 Å². The number of halogens is 3. The van der Waals surface area contributed by atoms with Gasteiger partial charge in [0.05, 0.1) is 5.92 Å². The van der Waals surface area contributed by atoms with Crippen LogP contribution >= 0.6 is 0 Å². The van der Waals surface area contributed by atoms with Crippen molar-refractivity contribution in [3.05, 3.63) is 29.8 Å². The predicted molar refractivity (Wildman–Crippen MR) is 102 cm³/mol. The van der Waals surface area contributed by atoms with Crippen LogP contribution in [0.2, 0.25) is 0 Å². The number of hydrogen-bond donors (Lipinski definition) is 1. The van der Waals surface area contributed by atoms with Crippen molar-refractivity contribution < 1.29 is 27.8 Å². The van der Waals surface area contributed by atoms with Gasteiger partial charge in [-0.05, 0) is 42.4 Å². The molecule has 1 aliphatic carbocycles. The van der Waals surface area contributed by atoms with Gasteiger partial charge in [-0.1, -0.05) is 45.7 Å². The first kappa shape index (κ1) is 21.6. The van der Waals surface area contributed by atoms with Crippen molar-refractivity contribution in [3.63, 3.8) is 0 Å². The summed E-state index contributed by atoms with van der Waals surface area (Å²) in [5, 5.41) is 14.7. The van der Waals surface area contributed by atoms with Crippen molar-refractivity contribution in [1.29, 1.82) is 0 Å². The highest BCUT2D eigenvalue weighted by atomic mass is 19.4. The first-order valence-corrected chi connectivity index (χ1v) is 9.87. The maximum Gasteiger partial charge on any atom is 0.439 e. The summed E-state index contributed by atoms with van der Waals surface area (Å²) in [6.07, 6.45) is -2.49. The van der Waals surface area contributed by atoms with E-state index >= 15 is 0 Å². The Balaban J connectivity index is 1.76. The Kier molecular flexibility index (Phi) is 5.69. The van der Waals surface area contributed by atoms with Gasteiger partial charge in [0, 0.05) is 5.71 Å². The van der Waals surface area contributed by atoms with Crippen molar-refractivity contribution in [3.8, 4) is 5.75 Å². The van der Waals surface area contributed by atoms with Gasteiger partial charge in [0.15, 0.2) is 6.61 Å². The molecule has 1 fully saturated rings. The molecular formula is C21H27F3N2O3. The summed E-state index contributed by atoms with van der Waals surface area (Å²) in [5.74, 6) is -1.88. The molecule has 1 aromatic rings. The van der Waals surface area contributed by atoms with Crippen molar-refractivity contribution in [2.24, 2.45) is 11.0 Å². The van der Waals surface area contributed by atoms with Crippen LogP contribution in [0.15, 0.2) is 29.4 Å². The summed E-state index contributed by atoms with van der Waals surface area (Å²) < 4.78 is 46.9. The molecule has 1 N–H and O–H groups in total. The fourth-order valence-corrected chi connectivity index (χ4v) is 3.90. The fraction of sp³-hybridized carbons (Fsp3) is 0.619. The van der Waals surface area contributed by atoms with Crippen LogP contribution in [0.5, 0.6) is 5.75 Å². The number of benzene rings is 1. The lowest BCUT2D eigenvalue weighted by molar-refractivity contribution is -0.317. The second-order valence-electron chi connectivity index (χ2n) is 8.74. The number of aliphatic hydroxyl groups is 1. The van der Waals surface area contributed by atoms with E-state index < -0.39 is 30.3 Å². The van der Waals surface area contributed by atoms with Crippen molar-refractivity contribution in [2.75, 3.05) is 6.61 Å². The molecule has 8 heteroatoms. The van der Waals surface area contributed by atoms with E-state index in [1.54, 1.807) is 12.1 Å². The standard InChI is InChI=1S/C21H27F3N2O3/c1-19(2,3)14-9-11-15(12-10-14)29-13-18(27)26-20(28,21(22,23)24)16-7-5-4-6-8-17(16)25-26/h9-12,16,28H,4-8,13H2,1-3H3/t16-,20-/m1/s1. The van der Waals surface area contributed by atoms with E-state index in [4.69, 9.17) is 4.74 Å². The number of nitrogens with zero attached hydrogens (tertiary/aromatic N) is 2. The molecule has 1 aliphatic heterocycles. The minimum Gasteiger partial charge on any atom is -0.484 e. The molecule has 0 radical (unpaired) electrons. The van der Waals surface area contributed by atoms with Gasteiger partial charge in [-0.2, -0.15) is 23.3 Å². The van der Waals surface area contributed by atoms with E-state index in [9.17, 15) is 23.1 Å². The summed E-state index contributed by atoms with van der Waals surface area (Å²) in [5.41, 5.74) is -2.07. The number of fused-ring (bicyclic) bond motifs is 1. The minimum atomic E-state index is -5.02. The van der Waals surface area contributed by atoms with Crippen LogP contribution in [0.25, 0.3) is 0 Å². The molecule has 3 rings (SSSR count). The number of amides is 1. The number of carbonyl (C=O) groups excluding carboxylic acids is 1. The van der Waals surface area contributed by atoms with Crippen LogP contribution in [0.1, 0.15) is 58.4 Å². The van der Waals surface area contributed by atoms with Gasteiger partial charge in [0.2, 0.25) is 0 Å². The molecule has 29 heavy (non-hydrogen) atoms. The topological polar surface area (TPSA) is 62.1 Å². The molecule has 1 saturated carbocycles. The van der Waals surface area contributed by atoms with Gasteiger partial charge in [0.1, 0.15) is 5.75 Å². The van der Waals surface area contributed by atoms with E-state index in [2.05, 4.69) is 25.9 Å². The molecule has 160 valence electrons. The maximum atomic E-state index is 13.8. The Morgan fingerprint density at radius 1 is 1.21 bits per heavy atom. The third-order valence-electron chi connectivity index (χ3n) is 5.60. The van der Waals surface area contributed by atoms with E-state index in [0.717, 1.165) is 12.0 Å². The van der Waals surface area contributed by atoms with Crippen LogP contribution < -0.4 is 4.74 Å². The number of ether oxygens (including phenoxy) is 1. The lowest BCUT2D eigenvalue weighted by atomic mass is 9.87. The number of alkyl halides is 3. The smallest absolute Gasteiger partial charge is 0.439 e. The summed E-state index contributed by atoms with van der Waals surface area (Å²) in [6.45, 7) is 5.52. The zero-order valence-corrected chi connectivity index (χ0v) is 16.9. The molecule has 0 bridgehead atoms. The second-order valence-corrected chi connectivity index (χ2v) is 8.74. The Morgan fingerprint density at radius 2 is 1.86 bits per heavy atom. The van der Waals surface area contributed by atoms with Crippen LogP contribution in [-0.4, -0.2) is 40.2 Å². The van der Waals surface area contributed by atoms with Gasteiger partial charge in [-0.15, -0.1) is 0 Å². The zero-order chi connectivity index (χ0) is 21.4. The van der Waals surface area contributed by atoms with E-state index in [0.29, 0.717) is 25.0 Å². The van der Waals surface area contributed by atoms with Crippen LogP contribution in [-0.2, 0) is 10.2 Å². The average Bonchev–Trinajstić information content (AvgIpc) is 2.79. The monoisotopic (exact) mass is 412 g/mol. The lowest BCUT2D eigenvalue weighted by Gasteiger charge is -2.37. The summed E-state index contributed by atoms with van der Waals surface area (Å²) in [6, 6.07) is 7.03. The third kappa shape index (κ3) is 4.13. The molecule has 1 heterocycles. The molecule has 1 amide bonds. The normalized spacial score (nSPS) is 25.3.